The zero-order valence-corrected chi connectivity index (χ0v) is 26.0. The van der Waals surface area contributed by atoms with Gasteiger partial charge in [0, 0.05) is 37.4 Å². The number of aryl methyl sites for hydroxylation is 1. The molecule has 0 spiro atoms. The second-order valence-corrected chi connectivity index (χ2v) is 12.0. The van der Waals surface area contributed by atoms with Gasteiger partial charge in [-0.15, -0.1) is 11.8 Å². The van der Waals surface area contributed by atoms with E-state index >= 15 is 0 Å². The molecule has 0 saturated carbocycles. The zero-order valence-electron chi connectivity index (χ0n) is 25.1. The number of thioether (sulfide) groups is 1. The summed E-state index contributed by atoms with van der Waals surface area (Å²) in [4.78, 5) is 43.8. The van der Waals surface area contributed by atoms with Gasteiger partial charge in [-0.1, -0.05) is 13.5 Å². The van der Waals surface area contributed by atoms with Crippen molar-refractivity contribution in [3.63, 3.8) is 0 Å². The highest BCUT2D eigenvalue weighted by Gasteiger charge is 2.27. The minimum absolute atomic E-state index is 0. The maximum absolute atomic E-state index is 13.5. The molecule has 10 nitrogen and oxygen atoms in total. The lowest BCUT2D eigenvalue weighted by molar-refractivity contribution is -0.218. The molecule has 2 amide bonds. The number of ether oxygens (including phenoxy) is 1. The third-order valence-corrected chi connectivity index (χ3v) is 7.40. The molecule has 11 heteroatoms. The predicted octanol–water partition coefficient (Wildman–Crippen LogP) is 5.67. The third kappa shape index (κ3) is 9.75. The van der Waals surface area contributed by atoms with Gasteiger partial charge in [-0.25, -0.2) is 9.97 Å². The van der Waals surface area contributed by atoms with Crippen LogP contribution in [0.25, 0.3) is 0 Å². The second kappa shape index (κ2) is 15.8. The Balaban J connectivity index is 0.00000323. The van der Waals surface area contributed by atoms with Crippen LogP contribution in [-0.2, 0) is 4.84 Å². The molecule has 4 rings (SSSR count). The van der Waals surface area contributed by atoms with Gasteiger partial charge in [0.25, 0.3) is 11.8 Å². The standard InChI is InChI=1S/C31H39N5O4S.CH4.H2O/c1-21-9-12-27(33-19-21)35(5)30(38)28-25(8-7-15-32-28)34-29(37)24-11-10-23(41-6)18-26(24)39-17-14-22-13-16-36(20-22)40-31(2,3)4;;/h7-12,15,18-19,22H,13-14,16-17,20H2,1-6H3,(H,34,37);1H4;1H2. The summed E-state index contributed by atoms with van der Waals surface area (Å²) >= 11 is 1.58. The lowest BCUT2D eigenvalue weighted by Gasteiger charge is -2.26. The molecule has 1 aliphatic heterocycles. The van der Waals surface area contributed by atoms with Gasteiger partial charge in [-0.05, 0) is 94.7 Å². The lowest BCUT2D eigenvalue weighted by atomic mass is 10.1. The van der Waals surface area contributed by atoms with E-state index in [0.29, 0.717) is 35.3 Å². The van der Waals surface area contributed by atoms with Crippen LogP contribution >= 0.6 is 11.8 Å². The minimum Gasteiger partial charge on any atom is -0.493 e. The minimum atomic E-state index is -0.382. The van der Waals surface area contributed by atoms with E-state index in [0.717, 1.165) is 36.4 Å². The van der Waals surface area contributed by atoms with Crippen molar-refractivity contribution in [2.45, 2.75) is 58.5 Å². The van der Waals surface area contributed by atoms with Crippen molar-refractivity contribution in [1.29, 1.82) is 0 Å². The van der Waals surface area contributed by atoms with Crippen molar-refractivity contribution >= 4 is 35.1 Å². The summed E-state index contributed by atoms with van der Waals surface area (Å²) in [6.07, 6.45) is 7.10. The van der Waals surface area contributed by atoms with Gasteiger partial charge in [-0.2, -0.15) is 5.06 Å². The summed E-state index contributed by atoms with van der Waals surface area (Å²) in [5.41, 5.74) is 1.61. The molecule has 0 bridgehead atoms. The molecule has 3 N–H and O–H groups in total. The first-order chi connectivity index (χ1) is 19.5. The van der Waals surface area contributed by atoms with Gasteiger partial charge in [-0.3, -0.25) is 19.3 Å². The van der Waals surface area contributed by atoms with E-state index in [4.69, 9.17) is 9.57 Å². The maximum atomic E-state index is 13.5. The molecular weight excluding hydrogens is 566 g/mol. The molecule has 0 aliphatic carbocycles. The second-order valence-electron chi connectivity index (χ2n) is 11.2. The average Bonchev–Trinajstić information content (AvgIpc) is 3.38. The number of rotatable bonds is 10. The highest BCUT2D eigenvalue weighted by Crippen LogP contribution is 2.29. The van der Waals surface area contributed by atoms with Crippen LogP contribution in [0.2, 0.25) is 0 Å². The molecule has 2 aromatic heterocycles. The van der Waals surface area contributed by atoms with Crippen molar-refractivity contribution in [1.82, 2.24) is 15.0 Å². The number of hydrogen-bond acceptors (Lipinski definition) is 8. The molecular formula is C32H45N5O5S. The fourth-order valence-electron chi connectivity index (χ4n) is 4.56. The first-order valence-electron chi connectivity index (χ1n) is 13.8. The third-order valence-electron chi connectivity index (χ3n) is 6.67. The number of carbonyl (C=O) groups excluding carboxylic acids is 2. The topological polar surface area (TPSA) is 128 Å². The van der Waals surface area contributed by atoms with E-state index in [1.165, 1.54) is 11.1 Å². The van der Waals surface area contributed by atoms with Crippen LogP contribution in [0.3, 0.4) is 0 Å². The summed E-state index contributed by atoms with van der Waals surface area (Å²) in [5.74, 6) is 0.696. The Bertz CT molecular complexity index is 1360. The summed E-state index contributed by atoms with van der Waals surface area (Å²) in [5, 5.41) is 4.92. The fourth-order valence-corrected chi connectivity index (χ4v) is 4.99. The maximum Gasteiger partial charge on any atom is 0.279 e. The van der Waals surface area contributed by atoms with Crippen LogP contribution in [0.5, 0.6) is 5.75 Å². The molecule has 234 valence electrons. The highest BCUT2D eigenvalue weighted by atomic mass is 32.2. The van der Waals surface area contributed by atoms with Gasteiger partial charge in [0.15, 0.2) is 5.69 Å². The van der Waals surface area contributed by atoms with E-state index in [2.05, 4.69) is 36.1 Å². The number of hydrogen-bond donors (Lipinski definition) is 1. The summed E-state index contributed by atoms with van der Waals surface area (Å²) in [7, 11) is 1.63. The van der Waals surface area contributed by atoms with Gasteiger partial charge >= 0.3 is 0 Å². The Morgan fingerprint density at radius 2 is 1.93 bits per heavy atom. The molecule has 3 aromatic rings. The molecule has 0 radical (unpaired) electrons. The predicted molar refractivity (Wildman–Crippen MR) is 173 cm³/mol. The monoisotopic (exact) mass is 611 g/mol. The number of benzene rings is 1. The molecule has 1 unspecified atom stereocenters. The zero-order chi connectivity index (χ0) is 29.6. The van der Waals surface area contributed by atoms with E-state index in [1.807, 2.05) is 36.4 Å². The Morgan fingerprint density at radius 3 is 2.60 bits per heavy atom. The summed E-state index contributed by atoms with van der Waals surface area (Å²) < 4.78 is 6.19. The molecule has 1 saturated heterocycles. The molecule has 1 aromatic carbocycles. The number of aromatic nitrogens is 2. The highest BCUT2D eigenvalue weighted by molar-refractivity contribution is 7.98. The summed E-state index contributed by atoms with van der Waals surface area (Å²) in [6, 6.07) is 12.5. The number of pyridine rings is 2. The Hall–Kier alpha value is -3.51. The molecule has 1 fully saturated rings. The smallest absolute Gasteiger partial charge is 0.279 e. The molecule has 43 heavy (non-hydrogen) atoms. The normalized spacial score (nSPS) is 14.8. The first-order valence-corrected chi connectivity index (χ1v) is 15.0. The van der Waals surface area contributed by atoms with E-state index < -0.39 is 0 Å². The number of nitrogens with one attached hydrogen (secondary N) is 1. The van der Waals surface area contributed by atoms with Crippen LogP contribution < -0.4 is 15.0 Å². The largest absolute Gasteiger partial charge is 0.493 e. The van der Waals surface area contributed by atoms with E-state index in [-0.39, 0.29) is 36.0 Å². The molecule has 1 aliphatic rings. The Labute approximate surface area is 259 Å². The van der Waals surface area contributed by atoms with Crippen molar-refractivity contribution in [3.8, 4) is 5.75 Å². The average molecular weight is 612 g/mol. The van der Waals surface area contributed by atoms with Crippen molar-refractivity contribution in [3.05, 3.63) is 71.7 Å². The van der Waals surface area contributed by atoms with E-state index in [1.54, 1.807) is 49.3 Å². The fraction of sp³-hybridized carbons (Fsp3) is 0.438. The number of nitrogens with zero attached hydrogens (tertiary/aromatic N) is 4. The van der Waals surface area contributed by atoms with Gasteiger partial charge < -0.3 is 15.5 Å². The summed E-state index contributed by atoms with van der Waals surface area (Å²) in [6.45, 7) is 10.3. The Morgan fingerprint density at radius 1 is 1.16 bits per heavy atom. The molecule has 3 heterocycles. The lowest BCUT2D eigenvalue weighted by Crippen LogP contribution is -2.32. The van der Waals surface area contributed by atoms with Crippen molar-refractivity contribution < 1.29 is 24.6 Å². The first kappa shape index (κ1) is 35.7. The van der Waals surface area contributed by atoms with Crippen LogP contribution in [0.4, 0.5) is 11.5 Å². The van der Waals surface area contributed by atoms with Gasteiger partial charge in [0.1, 0.15) is 11.6 Å². The van der Waals surface area contributed by atoms with Gasteiger partial charge in [0.2, 0.25) is 0 Å². The van der Waals surface area contributed by atoms with Crippen LogP contribution in [0.1, 0.15) is 67.4 Å². The van der Waals surface area contributed by atoms with Crippen LogP contribution in [-0.4, -0.2) is 70.9 Å². The van der Waals surface area contributed by atoms with Crippen molar-refractivity contribution in [2.24, 2.45) is 5.92 Å². The SMILES string of the molecule is C.CSc1ccc(C(=O)Nc2cccnc2C(=O)N(C)c2ccc(C)cn2)c(OCCC2CCN(OC(C)(C)C)C2)c1.O. The van der Waals surface area contributed by atoms with E-state index in [9.17, 15) is 9.59 Å². The molecule has 1 atom stereocenters. The number of hydroxylamine groups is 2. The van der Waals surface area contributed by atoms with Crippen LogP contribution in [0.15, 0.2) is 59.8 Å². The number of carbonyl (C=O) groups is 2. The van der Waals surface area contributed by atoms with Crippen LogP contribution in [0, 0.1) is 12.8 Å². The van der Waals surface area contributed by atoms with Crippen molar-refractivity contribution in [2.75, 3.05) is 43.2 Å². The Kier molecular flexibility index (Phi) is 13.1. The number of amides is 2. The quantitative estimate of drug-likeness (QED) is 0.291. The number of anilines is 2. The van der Waals surface area contributed by atoms with Gasteiger partial charge in [0.05, 0.1) is 23.5 Å².